The monoisotopic (exact) mass is 320 g/mol. The summed E-state index contributed by atoms with van der Waals surface area (Å²) in [5, 5.41) is 13.4. The minimum atomic E-state index is -1.03. The molecule has 4 nitrogen and oxygen atoms in total. The number of rotatable bonds is 6. The Kier molecular flexibility index (Phi) is 5.37. The van der Waals surface area contributed by atoms with Gasteiger partial charge in [0.15, 0.2) is 0 Å². The molecule has 1 aromatic heterocycles. The number of hydrogen-bond donors (Lipinski definition) is 1. The first-order chi connectivity index (χ1) is 7.85. The Labute approximate surface area is 112 Å². The highest BCUT2D eigenvalue weighted by Crippen LogP contribution is 2.20. The number of aromatic nitrogens is 2. The van der Waals surface area contributed by atoms with Gasteiger partial charge >= 0.3 is 0 Å². The van der Waals surface area contributed by atoms with Crippen molar-refractivity contribution in [3.63, 3.8) is 0 Å². The molecule has 0 spiro atoms. The number of aliphatic hydroxyl groups is 1. The van der Waals surface area contributed by atoms with Crippen molar-refractivity contribution in [1.29, 1.82) is 0 Å². The third-order valence-corrected chi connectivity index (χ3v) is 5.29. The molecule has 0 aliphatic rings. The van der Waals surface area contributed by atoms with Crippen LogP contribution in [0.5, 0.6) is 0 Å². The second-order valence-electron chi connectivity index (χ2n) is 5.35. The molecule has 1 N–H and O–H groups in total. The molecule has 0 aliphatic heterocycles. The van der Waals surface area contributed by atoms with Gasteiger partial charge in [0.1, 0.15) is 12.4 Å². The van der Waals surface area contributed by atoms with E-state index in [1.54, 1.807) is 4.68 Å². The maximum atomic E-state index is 9.09. The Morgan fingerprint density at radius 2 is 2.06 bits per heavy atom. The number of nitrogens with zero attached hydrogens (tertiary/aromatic N) is 2. The molecular weight excluding hydrogens is 300 g/mol. The van der Waals surface area contributed by atoms with Gasteiger partial charge in [0.25, 0.3) is 0 Å². The Morgan fingerprint density at radius 1 is 1.41 bits per heavy atom. The van der Waals surface area contributed by atoms with Gasteiger partial charge in [0, 0.05) is 14.7 Å². The standard InChI is InChI=1S/C11H21BrN2O2Si/c1-9-11(12)10(7-15)13-14(9)8-16-5-6-17(2,3)4/h15H,5-8H2,1-4H3. The van der Waals surface area contributed by atoms with E-state index in [9.17, 15) is 0 Å². The molecule has 1 rings (SSSR count). The van der Waals surface area contributed by atoms with Crippen LogP contribution in [0.2, 0.25) is 25.7 Å². The molecule has 1 aromatic rings. The fourth-order valence-corrected chi connectivity index (χ4v) is 2.51. The number of halogens is 1. The third kappa shape index (κ3) is 4.54. The second kappa shape index (κ2) is 6.13. The lowest BCUT2D eigenvalue weighted by atomic mass is 10.4. The maximum absolute atomic E-state index is 9.09. The summed E-state index contributed by atoms with van der Waals surface area (Å²) in [6, 6.07) is 1.15. The van der Waals surface area contributed by atoms with Gasteiger partial charge in [-0.2, -0.15) is 5.10 Å². The SMILES string of the molecule is Cc1c(Br)c(CO)nn1COCC[Si](C)(C)C. The van der Waals surface area contributed by atoms with Crippen molar-refractivity contribution in [3.05, 3.63) is 15.9 Å². The van der Waals surface area contributed by atoms with Crippen molar-refractivity contribution in [2.75, 3.05) is 6.61 Å². The van der Waals surface area contributed by atoms with Crippen LogP contribution in [0.4, 0.5) is 0 Å². The molecule has 0 unspecified atom stereocenters. The van der Waals surface area contributed by atoms with E-state index in [4.69, 9.17) is 9.84 Å². The molecule has 17 heavy (non-hydrogen) atoms. The summed E-state index contributed by atoms with van der Waals surface area (Å²) >= 11 is 3.41. The van der Waals surface area contributed by atoms with Crippen LogP contribution in [0.25, 0.3) is 0 Å². The Bertz CT molecular complexity index is 374. The topological polar surface area (TPSA) is 47.3 Å². The molecule has 0 radical (unpaired) electrons. The van der Waals surface area contributed by atoms with Gasteiger partial charge in [-0.3, -0.25) is 0 Å². The van der Waals surface area contributed by atoms with E-state index in [2.05, 4.69) is 40.7 Å². The van der Waals surface area contributed by atoms with Crippen molar-refractivity contribution in [3.8, 4) is 0 Å². The highest BCUT2D eigenvalue weighted by atomic mass is 79.9. The van der Waals surface area contributed by atoms with Crippen molar-refractivity contribution >= 4 is 24.0 Å². The zero-order valence-electron chi connectivity index (χ0n) is 11.0. The predicted molar refractivity (Wildman–Crippen MR) is 74.7 cm³/mol. The average Bonchev–Trinajstić information content (AvgIpc) is 2.50. The van der Waals surface area contributed by atoms with Crippen LogP contribution in [-0.4, -0.2) is 29.6 Å². The molecule has 98 valence electrons. The molecule has 0 atom stereocenters. The van der Waals surface area contributed by atoms with Crippen LogP contribution in [0.15, 0.2) is 4.47 Å². The summed E-state index contributed by atoms with van der Waals surface area (Å²) in [4.78, 5) is 0. The first-order valence-electron chi connectivity index (χ1n) is 5.75. The fourth-order valence-electron chi connectivity index (χ4n) is 1.34. The molecular formula is C11H21BrN2O2Si. The summed E-state index contributed by atoms with van der Waals surface area (Å²) in [5.74, 6) is 0. The molecule has 0 saturated carbocycles. The van der Waals surface area contributed by atoms with E-state index in [1.807, 2.05) is 6.92 Å². The van der Waals surface area contributed by atoms with Crippen LogP contribution >= 0.6 is 15.9 Å². The van der Waals surface area contributed by atoms with E-state index in [0.717, 1.165) is 22.8 Å². The van der Waals surface area contributed by atoms with Gasteiger partial charge in [0.2, 0.25) is 0 Å². The summed E-state index contributed by atoms with van der Waals surface area (Å²) in [5.41, 5.74) is 1.65. The predicted octanol–water partition coefficient (Wildman–Crippen LogP) is 2.76. The number of ether oxygens (including phenoxy) is 1. The lowest BCUT2D eigenvalue weighted by Gasteiger charge is -2.15. The van der Waals surface area contributed by atoms with Crippen molar-refractivity contribution in [2.45, 2.75) is 45.9 Å². The molecule has 0 aliphatic carbocycles. The zero-order chi connectivity index (χ0) is 13.1. The number of hydrogen-bond acceptors (Lipinski definition) is 3. The van der Waals surface area contributed by atoms with E-state index in [1.165, 1.54) is 0 Å². The van der Waals surface area contributed by atoms with Crippen molar-refractivity contribution < 1.29 is 9.84 Å². The van der Waals surface area contributed by atoms with Gasteiger partial charge in [-0.1, -0.05) is 19.6 Å². The molecule has 1 heterocycles. The lowest BCUT2D eigenvalue weighted by Crippen LogP contribution is -2.22. The molecule has 0 amide bonds. The normalized spacial score (nSPS) is 12.1. The van der Waals surface area contributed by atoms with Crippen LogP contribution in [-0.2, 0) is 18.1 Å². The van der Waals surface area contributed by atoms with E-state index < -0.39 is 8.07 Å². The Morgan fingerprint density at radius 3 is 2.53 bits per heavy atom. The lowest BCUT2D eigenvalue weighted by molar-refractivity contribution is 0.0764. The molecule has 0 saturated heterocycles. The quantitative estimate of drug-likeness (QED) is 0.647. The van der Waals surface area contributed by atoms with Gasteiger partial charge in [-0.15, -0.1) is 0 Å². The zero-order valence-corrected chi connectivity index (χ0v) is 13.5. The maximum Gasteiger partial charge on any atom is 0.139 e. The van der Waals surface area contributed by atoms with Crippen molar-refractivity contribution in [2.24, 2.45) is 0 Å². The van der Waals surface area contributed by atoms with Crippen LogP contribution in [0.3, 0.4) is 0 Å². The highest BCUT2D eigenvalue weighted by Gasteiger charge is 2.13. The van der Waals surface area contributed by atoms with Gasteiger partial charge < -0.3 is 9.84 Å². The summed E-state index contributed by atoms with van der Waals surface area (Å²) in [6.45, 7) is 10.1. The van der Waals surface area contributed by atoms with Crippen LogP contribution in [0.1, 0.15) is 11.4 Å². The minimum absolute atomic E-state index is 0.0523. The molecule has 0 bridgehead atoms. The van der Waals surface area contributed by atoms with Gasteiger partial charge in [0.05, 0.1) is 16.8 Å². The molecule has 0 aromatic carbocycles. The second-order valence-corrected chi connectivity index (χ2v) is 11.8. The van der Waals surface area contributed by atoms with E-state index in [0.29, 0.717) is 12.4 Å². The minimum Gasteiger partial charge on any atom is -0.390 e. The van der Waals surface area contributed by atoms with Crippen molar-refractivity contribution in [1.82, 2.24) is 9.78 Å². The smallest absolute Gasteiger partial charge is 0.139 e. The first-order valence-corrected chi connectivity index (χ1v) is 10.3. The fraction of sp³-hybridized carbons (Fsp3) is 0.727. The molecule has 0 fully saturated rings. The van der Waals surface area contributed by atoms with Crippen LogP contribution < -0.4 is 0 Å². The largest absolute Gasteiger partial charge is 0.390 e. The van der Waals surface area contributed by atoms with E-state index in [-0.39, 0.29) is 6.61 Å². The Hall–Kier alpha value is -0.173. The van der Waals surface area contributed by atoms with Crippen LogP contribution in [0, 0.1) is 6.92 Å². The Balaban J connectivity index is 2.47. The van der Waals surface area contributed by atoms with Gasteiger partial charge in [-0.05, 0) is 28.9 Å². The van der Waals surface area contributed by atoms with Gasteiger partial charge in [-0.25, -0.2) is 4.68 Å². The highest BCUT2D eigenvalue weighted by molar-refractivity contribution is 9.10. The summed E-state index contributed by atoms with van der Waals surface area (Å²) in [6.07, 6.45) is 0. The summed E-state index contributed by atoms with van der Waals surface area (Å²) in [7, 11) is -1.03. The average molecular weight is 321 g/mol. The van der Waals surface area contributed by atoms with E-state index >= 15 is 0 Å². The molecule has 6 heteroatoms. The number of aliphatic hydroxyl groups excluding tert-OH is 1. The first kappa shape index (κ1) is 14.9. The third-order valence-electron chi connectivity index (χ3n) is 2.56. The summed E-state index contributed by atoms with van der Waals surface area (Å²) < 4.78 is 8.27.